The molecule has 0 aliphatic heterocycles. The first-order chi connectivity index (χ1) is 24.8. The van der Waals surface area contributed by atoms with Crippen molar-refractivity contribution in [3.8, 4) is 44.8 Å². The van der Waals surface area contributed by atoms with Crippen molar-refractivity contribution in [1.82, 2.24) is 4.98 Å². The summed E-state index contributed by atoms with van der Waals surface area (Å²) in [6, 6.07) is 68.2. The van der Waals surface area contributed by atoms with Gasteiger partial charge < -0.3 is 9.32 Å². The third-order valence-electron chi connectivity index (χ3n) is 9.31. The van der Waals surface area contributed by atoms with Crippen molar-refractivity contribution >= 4 is 38.9 Å². The van der Waals surface area contributed by atoms with Crippen molar-refractivity contribution in [1.29, 1.82) is 0 Å². The number of nitrogens with zero attached hydrogens (tertiary/aromatic N) is 2. The zero-order valence-corrected chi connectivity index (χ0v) is 27.3. The van der Waals surface area contributed by atoms with Crippen LogP contribution >= 0.6 is 0 Å². The highest BCUT2D eigenvalue weighted by molar-refractivity contribution is 5.94. The minimum Gasteiger partial charge on any atom is -0.435 e. The van der Waals surface area contributed by atoms with Crippen LogP contribution in [-0.2, 0) is 0 Å². The third kappa shape index (κ3) is 5.51. The molecule has 0 bridgehead atoms. The van der Waals surface area contributed by atoms with Crippen LogP contribution in [0.1, 0.15) is 0 Å². The Balaban J connectivity index is 1.12. The summed E-state index contributed by atoms with van der Waals surface area (Å²) in [5.74, 6) is 0.623. The van der Waals surface area contributed by atoms with Gasteiger partial charge in [-0.05, 0) is 81.6 Å². The molecule has 50 heavy (non-hydrogen) atoms. The van der Waals surface area contributed by atoms with Gasteiger partial charge in [0.25, 0.3) is 0 Å². The van der Waals surface area contributed by atoms with Gasteiger partial charge in [-0.3, -0.25) is 0 Å². The second-order valence-corrected chi connectivity index (χ2v) is 12.4. The average molecular weight is 641 g/mol. The van der Waals surface area contributed by atoms with Crippen molar-refractivity contribution in [2.75, 3.05) is 4.90 Å². The summed E-state index contributed by atoms with van der Waals surface area (Å²) < 4.78 is 6.50. The molecule has 0 aliphatic rings. The van der Waals surface area contributed by atoms with Crippen LogP contribution in [0.25, 0.3) is 66.7 Å². The minimum atomic E-state index is 0.623. The number of aromatic nitrogens is 1. The van der Waals surface area contributed by atoms with Crippen LogP contribution in [0.5, 0.6) is 0 Å². The Morgan fingerprint density at radius 1 is 0.380 bits per heavy atom. The van der Waals surface area contributed by atoms with E-state index in [1.165, 1.54) is 22.1 Å². The molecule has 0 radical (unpaired) electrons. The molecule has 236 valence electrons. The summed E-state index contributed by atoms with van der Waals surface area (Å²) in [5, 5.41) is 2.36. The molecule has 9 aromatic rings. The largest absolute Gasteiger partial charge is 0.435 e. The Morgan fingerprint density at radius 2 is 0.920 bits per heavy atom. The van der Waals surface area contributed by atoms with Gasteiger partial charge in [0.1, 0.15) is 5.52 Å². The minimum absolute atomic E-state index is 0.623. The van der Waals surface area contributed by atoms with Crippen LogP contribution < -0.4 is 4.90 Å². The quantitative estimate of drug-likeness (QED) is 0.174. The zero-order valence-electron chi connectivity index (χ0n) is 27.3. The normalized spacial score (nSPS) is 11.2. The molecule has 0 fully saturated rings. The standard InChI is InChI=1S/C47H32N2O/c1-3-12-33(13-4-1)35-24-28-40(29-25-35)49(45-21-10-9-18-42(45)36-15-5-2-6-16-36)41-30-26-37(27-31-41)43-19-11-20-44-46(43)50-47(48-44)39-23-22-34-14-7-8-17-38(34)32-39/h1-32H. The van der Waals surface area contributed by atoms with Gasteiger partial charge in [-0.25, -0.2) is 4.98 Å². The molecule has 0 saturated carbocycles. The molecule has 3 heteroatoms. The van der Waals surface area contributed by atoms with Crippen LogP contribution in [0.2, 0.25) is 0 Å². The lowest BCUT2D eigenvalue weighted by atomic mass is 10.00. The van der Waals surface area contributed by atoms with E-state index in [1.807, 2.05) is 6.07 Å². The van der Waals surface area contributed by atoms with Gasteiger partial charge in [-0.2, -0.15) is 0 Å². The second kappa shape index (κ2) is 12.7. The molecule has 3 nitrogen and oxygen atoms in total. The Morgan fingerprint density at radius 3 is 1.66 bits per heavy atom. The first-order valence-electron chi connectivity index (χ1n) is 16.9. The molecule has 0 saturated heterocycles. The molecule has 1 aromatic heterocycles. The van der Waals surface area contributed by atoms with Crippen molar-refractivity contribution < 1.29 is 4.42 Å². The van der Waals surface area contributed by atoms with E-state index in [0.717, 1.165) is 55.8 Å². The Hall–Kier alpha value is -6.71. The molecular formula is C47H32N2O. The number of fused-ring (bicyclic) bond motifs is 2. The van der Waals surface area contributed by atoms with Crippen LogP contribution in [0.4, 0.5) is 17.1 Å². The van der Waals surface area contributed by atoms with Crippen molar-refractivity contribution in [2.24, 2.45) is 0 Å². The first kappa shape index (κ1) is 29.4. The monoisotopic (exact) mass is 640 g/mol. The molecule has 1 heterocycles. The molecule has 0 spiro atoms. The number of rotatable bonds is 7. The van der Waals surface area contributed by atoms with Gasteiger partial charge >= 0.3 is 0 Å². The molecule has 8 aromatic carbocycles. The van der Waals surface area contributed by atoms with Crippen LogP contribution in [-0.4, -0.2) is 4.98 Å². The summed E-state index contributed by atoms with van der Waals surface area (Å²) in [6.07, 6.45) is 0. The molecule has 0 aliphatic carbocycles. The average Bonchev–Trinajstić information content (AvgIpc) is 3.64. The van der Waals surface area contributed by atoms with E-state index in [-0.39, 0.29) is 0 Å². The molecule has 0 unspecified atom stereocenters. The van der Waals surface area contributed by atoms with Crippen LogP contribution in [0, 0.1) is 0 Å². The third-order valence-corrected chi connectivity index (χ3v) is 9.31. The number of para-hydroxylation sites is 2. The fourth-order valence-electron chi connectivity index (χ4n) is 6.80. The van der Waals surface area contributed by atoms with E-state index in [0.29, 0.717) is 5.89 Å². The maximum atomic E-state index is 6.50. The Kier molecular flexibility index (Phi) is 7.49. The van der Waals surface area contributed by atoms with Gasteiger partial charge in [-0.15, -0.1) is 0 Å². The Labute approximate surface area is 291 Å². The highest BCUT2D eigenvalue weighted by Gasteiger charge is 2.19. The predicted molar refractivity (Wildman–Crippen MR) is 208 cm³/mol. The highest BCUT2D eigenvalue weighted by atomic mass is 16.3. The first-order valence-corrected chi connectivity index (χ1v) is 16.9. The molecule has 0 amide bonds. The zero-order chi connectivity index (χ0) is 33.3. The number of benzene rings is 8. The SMILES string of the molecule is c1ccc(-c2ccc(N(c3ccc(-c4cccc5nc(-c6ccc7ccccc7c6)oc45)cc3)c3ccccc3-c3ccccc3)cc2)cc1. The fourth-order valence-corrected chi connectivity index (χ4v) is 6.80. The van der Waals surface area contributed by atoms with Gasteiger partial charge in [0.15, 0.2) is 5.58 Å². The number of anilines is 3. The summed E-state index contributed by atoms with van der Waals surface area (Å²) >= 11 is 0. The van der Waals surface area contributed by atoms with Crippen molar-refractivity contribution in [3.05, 3.63) is 194 Å². The van der Waals surface area contributed by atoms with Crippen LogP contribution in [0.3, 0.4) is 0 Å². The van der Waals surface area contributed by atoms with E-state index in [2.05, 4.69) is 193 Å². The molecule has 0 atom stereocenters. The lowest BCUT2D eigenvalue weighted by Crippen LogP contribution is -2.11. The fraction of sp³-hybridized carbons (Fsp3) is 0. The van der Waals surface area contributed by atoms with Crippen molar-refractivity contribution in [2.45, 2.75) is 0 Å². The summed E-state index contributed by atoms with van der Waals surface area (Å²) in [7, 11) is 0. The van der Waals surface area contributed by atoms with Gasteiger partial charge in [0, 0.05) is 28.1 Å². The lowest BCUT2D eigenvalue weighted by molar-refractivity contribution is 0.621. The van der Waals surface area contributed by atoms with E-state index in [4.69, 9.17) is 9.40 Å². The van der Waals surface area contributed by atoms with Crippen molar-refractivity contribution in [3.63, 3.8) is 0 Å². The molecular weight excluding hydrogens is 609 g/mol. The number of oxazole rings is 1. The van der Waals surface area contributed by atoms with E-state index in [9.17, 15) is 0 Å². The summed E-state index contributed by atoms with van der Waals surface area (Å²) in [4.78, 5) is 7.23. The highest BCUT2D eigenvalue weighted by Crippen LogP contribution is 2.42. The second-order valence-electron chi connectivity index (χ2n) is 12.4. The topological polar surface area (TPSA) is 29.3 Å². The lowest BCUT2D eigenvalue weighted by Gasteiger charge is -2.28. The number of hydrogen-bond donors (Lipinski definition) is 0. The van der Waals surface area contributed by atoms with E-state index < -0.39 is 0 Å². The van der Waals surface area contributed by atoms with Gasteiger partial charge in [0.2, 0.25) is 5.89 Å². The maximum absolute atomic E-state index is 6.50. The summed E-state index contributed by atoms with van der Waals surface area (Å²) in [6.45, 7) is 0. The van der Waals surface area contributed by atoms with E-state index >= 15 is 0 Å². The molecule has 9 rings (SSSR count). The van der Waals surface area contributed by atoms with Gasteiger partial charge in [0.05, 0.1) is 5.69 Å². The Bertz CT molecular complexity index is 2570. The van der Waals surface area contributed by atoms with Crippen LogP contribution in [0.15, 0.2) is 199 Å². The predicted octanol–water partition coefficient (Wildman–Crippen LogP) is 13.1. The molecule has 0 N–H and O–H groups in total. The maximum Gasteiger partial charge on any atom is 0.227 e. The smallest absolute Gasteiger partial charge is 0.227 e. The number of hydrogen-bond acceptors (Lipinski definition) is 3. The summed E-state index contributed by atoms with van der Waals surface area (Å²) in [5.41, 5.74) is 12.6. The van der Waals surface area contributed by atoms with Gasteiger partial charge in [-0.1, -0.05) is 146 Å². The van der Waals surface area contributed by atoms with E-state index in [1.54, 1.807) is 0 Å².